The number of benzene rings is 1. The molecule has 17 heavy (non-hydrogen) atoms. The minimum Gasteiger partial charge on any atom is -0.508 e. The number of carbonyl (C=O) groups excluding carboxylic acids is 1. The van der Waals surface area contributed by atoms with Gasteiger partial charge < -0.3 is 15.7 Å². The first-order valence-corrected chi connectivity index (χ1v) is 5.36. The number of para-hydroxylation sites is 1. The molecule has 0 bridgehead atoms. The number of hydrogen-bond donors (Lipinski definition) is 3. The Balaban J connectivity index is 2.43. The predicted octanol–water partition coefficient (Wildman–Crippen LogP) is 0.620. The number of nitrogens with one attached hydrogen (secondary N) is 2. The fraction of sp³-hybridized carbons (Fsp3) is 0.308. The van der Waals surface area contributed by atoms with Crippen LogP contribution < -0.4 is 10.6 Å². The summed E-state index contributed by atoms with van der Waals surface area (Å²) in [7, 11) is 0. The molecule has 3 N–H and O–H groups in total. The summed E-state index contributed by atoms with van der Waals surface area (Å²) in [5.74, 6) is 2.40. The Bertz CT molecular complexity index is 424. The third kappa shape index (κ3) is 4.17. The average molecular weight is 232 g/mol. The second-order valence-electron chi connectivity index (χ2n) is 3.65. The Morgan fingerprint density at radius 1 is 1.53 bits per heavy atom. The first-order chi connectivity index (χ1) is 8.15. The molecule has 4 nitrogen and oxygen atoms in total. The highest BCUT2D eigenvalue weighted by Crippen LogP contribution is 2.14. The first-order valence-electron chi connectivity index (χ1n) is 5.36. The zero-order chi connectivity index (χ0) is 12.7. The van der Waals surface area contributed by atoms with Crippen molar-refractivity contribution < 1.29 is 9.90 Å². The van der Waals surface area contributed by atoms with E-state index in [4.69, 9.17) is 6.42 Å². The predicted molar refractivity (Wildman–Crippen MR) is 66.3 cm³/mol. The molecule has 0 saturated heterocycles. The number of rotatable bonds is 5. The third-order valence-electron chi connectivity index (χ3n) is 2.35. The molecule has 4 heteroatoms. The van der Waals surface area contributed by atoms with Crippen LogP contribution in [0.25, 0.3) is 0 Å². The molecule has 0 aromatic heterocycles. The summed E-state index contributed by atoms with van der Waals surface area (Å²) in [6, 6.07) is 6.64. The van der Waals surface area contributed by atoms with Crippen LogP contribution in [0.2, 0.25) is 0 Å². The molecule has 0 saturated carbocycles. The van der Waals surface area contributed by atoms with Gasteiger partial charge in [0, 0.05) is 12.1 Å². The van der Waals surface area contributed by atoms with E-state index in [-0.39, 0.29) is 24.2 Å². The molecular weight excluding hydrogens is 216 g/mol. The second kappa shape index (κ2) is 6.56. The highest BCUT2D eigenvalue weighted by Gasteiger charge is 2.11. The maximum atomic E-state index is 11.5. The smallest absolute Gasteiger partial charge is 0.237 e. The highest BCUT2D eigenvalue weighted by molar-refractivity contribution is 5.81. The van der Waals surface area contributed by atoms with E-state index in [0.717, 1.165) is 5.56 Å². The average Bonchev–Trinajstić information content (AvgIpc) is 2.34. The number of hydrogen-bond acceptors (Lipinski definition) is 3. The van der Waals surface area contributed by atoms with Gasteiger partial charge in [0.05, 0.1) is 12.6 Å². The lowest BCUT2D eigenvalue weighted by Gasteiger charge is -2.13. The van der Waals surface area contributed by atoms with Crippen molar-refractivity contribution in [2.45, 2.75) is 19.5 Å². The molecule has 90 valence electrons. The summed E-state index contributed by atoms with van der Waals surface area (Å²) in [5, 5.41) is 15.1. The fourth-order valence-corrected chi connectivity index (χ4v) is 1.31. The van der Waals surface area contributed by atoms with Crippen LogP contribution in [-0.4, -0.2) is 23.6 Å². The summed E-state index contributed by atoms with van der Waals surface area (Å²) in [5.41, 5.74) is 0.754. The van der Waals surface area contributed by atoms with Crippen LogP contribution in [0.3, 0.4) is 0 Å². The van der Waals surface area contributed by atoms with E-state index in [1.54, 1.807) is 25.1 Å². The highest BCUT2D eigenvalue weighted by atomic mass is 16.3. The Kier molecular flexibility index (Phi) is 5.05. The standard InChI is InChI=1S/C13H16N2O2/c1-3-8-14-13(17)10(2)15-9-11-6-4-5-7-12(11)16/h1,4-7,10,15-16H,8-9H2,2H3,(H,14,17). The van der Waals surface area contributed by atoms with Gasteiger partial charge in [-0.25, -0.2) is 0 Å². The second-order valence-corrected chi connectivity index (χ2v) is 3.65. The molecule has 0 radical (unpaired) electrons. The van der Waals surface area contributed by atoms with Gasteiger partial charge >= 0.3 is 0 Å². The quantitative estimate of drug-likeness (QED) is 0.652. The number of carbonyl (C=O) groups is 1. The molecule has 1 atom stereocenters. The van der Waals surface area contributed by atoms with E-state index in [0.29, 0.717) is 6.54 Å². The molecule has 1 aromatic carbocycles. The molecule has 1 unspecified atom stereocenters. The SMILES string of the molecule is C#CCNC(=O)C(C)NCc1ccccc1O. The minimum absolute atomic E-state index is 0.154. The van der Waals surface area contributed by atoms with Crippen LogP contribution >= 0.6 is 0 Å². The molecule has 0 aliphatic rings. The van der Waals surface area contributed by atoms with E-state index >= 15 is 0 Å². The largest absolute Gasteiger partial charge is 0.508 e. The molecule has 0 heterocycles. The van der Waals surface area contributed by atoms with Gasteiger partial charge in [0.25, 0.3) is 0 Å². The number of phenols is 1. The topological polar surface area (TPSA) is 61.4 Å². The van der Waals surface area contributed by atoms with Gasteiger partial charge in [-0.05, 0) is 13.0 Å². The molecule has 0 fully saturated rings. The summed E-state index contributed by atoms with van der Waals surface area (Å²) < 4.78 is 0. The lowest BCUT2D eigenvalue weighted by atomic mass is 10.2. The van der Waals surface area contributed by atoms with Crippen molar-refractivity contribution in [2.75, 3.05) is 6.54 Å². The normalized spacial score (nSPS) is 11.5. The number of terminal acetylenes is 1. The van der Waals surface area contributed by atoms with Crippen LogP contribution in [0.1, 0.15) is 12.5 Å². The number of amides is 1. The van der Waals surface area contributed by atoms with E-state index in [2.05, 4.69) is 16.6 Å². The van der Waals surface area contributed by atoms with E-state index in [1.165, 1.54) is 0 Å². The van der Waals surface area contributed by atoms with Gasteiger partial charge in [0.15, 0.2) is 0 Å². The molecular formula is C13H16N2O2. The maximum absolute atomic E-state index is 11.5. The maximum Gasteiger partial charge on any atom is 0.237 e. The molecule has 0 spiro atoms. The Morgan fingerprint density at radius 3 is 2.88 bits per heavy atom. The zero-order valence-corrected chi connectivity index (χ0v) is 9.73. The fourth-order valence-electron chi connectivity index (χ4n) is 1.31. The van der Waals surface area contributed by atoms with Crippen molar-refractivity contribution in [3.8, 4) is 18.1 Å². The van der Waals surface area contributed by atoms with Crippen molar-refractivity contribution in [2.24, 2.45) is 0 Å². The molecule has 0 aliphatic heterocycles. The van der Waals surface area contributed by atoms with Crippen LogP contribution in [0.4, 0.5) is 0 Å². The third-order valence-corrected chi connectivity index (χ3v) is 2.35. The molecule has 1 rings (SSSR count). The summed E-state index contributed by atoms with van der Waals surface area (Å²) >= 11 is 0. The van der Waals surface area contributed by atoms with Crippen LogP contribution in [0.15, 0.2) is 24.3 Å². The lowest BCUT2D eigenvalue weighted by Crippen LogP contribution is -2.41. The van der Waals surface area contributed by atoms with Gasteiger partial charge in [0.2, 0.25) is 5.91 Å². The minimum atomic E-state index is -0.358. The van der Waals surface area contributed by atoms with Crippen molar-refractivity contribution in [1.29, 1.82) is 0 Å². The van der Waals surface area contributed by atoms with Crippen LogP contribution in [0, 0.1) is 12.3 Å². The molecule has 1 aromatic rings. The van der Waals surface area contributed by atoms with E-state index in [1.807, 2.05) is 6.07 Å². The Labute approximate surface area is 101 Å². The summed E-state index contributed by atoms with van der Waals surface area (Å²) in [6.07, 6.45) is 5.04. The molecule has 1 amide bonds. The van der Waals surface area contributed by atoms with Crippen molar-refractivity contribution in [1.82, 2.24) is 10.6 Å². The zero-order valence-electron chi connectivity index (χ0n) is 9.73. The Hall–Kier alpha value is -1.99. The van der Waals surface area contributed by atoms with Gasteiger partial charge in [-0.3, -0.25) is 4.79 Å². The first kappa shape index (κ1) is 13.1. The van der Waals surface area contributed by atoms with Crippen LogP contribution in [-0.2, 0) is 11.3 Å². The van der Waals surface area contributed by atoms with Crippen molar-refractivity contribution in [3.63, 3.8) is 0 Å². The van der Waals surface area contributed by atoms with E-state index in [9.17, 15) is 9.90 Å². The van der Waals surface area contributed by atoms with E-state index < -0.39 is 0 Å². The van der Waals surface area contributed by atoms with Gasteiger partial charge in [-0.1, -0.05) is 24.1 Å². The van der Waals surface area contributed by atoms with Crippen LogP contribution in [0.5, 0.6) is 5.75 Å². The number of phenolic OH excluding ortho intramolecular Hbond substituents is 1. The lowest BCUT2D eigenvalue weighted by molar-refractivity contribution is -0.122. The molecule has 0 aliphatic carbocycles. The van der Waals surface area contributed by atoms with Crippen molar-refractivity contribution >= 4 is 5.91 Å². The Morgan fingerprint density at radius 2 is 2.24 bits per heavy atom. The van der Waals surface area contributed by atoms with Gasteiger partial charge in [-0.15, -0.1) is 6.42 Å². The summed E-state index contributed by atoms with van der Waals surface area (Å²) in [6.45, 7) is 2.39. The monoisotopic (exact) mass is 232 g/mol. The van der Waals surface area contributed by atoms with Crippen molar-refractivity contribution in [3.05, 3.63) is 29.8 Å². The van der Waals surface area contributed by atoms with Gasteiger partial charge in [0.1, 0.15) is 5.75 Å². The number of aromatic hydroxyl groups is 1. The van der Waals surface area contributed by atoms with Gasteiger partial charge in [-0.2, -0.15) is 0 Å². The summed E-state index contributed by atoms with van der Waals surface area (Å²) in [4.78, 5) is 11.5.